The lowest BCUT2D eigenvalue weighted by Gasteiger charge is -2.25. The molecule has 0 atom stereocenters. The molecular formula is C20H21ClN4O2S. The minimum absolute atomic E-state index is 0.445. The molecule has 0 saturated carbocycles. The number of morpholine rings is 1. The third kappa shape index (κ3) is 3.72. The molecular weight excluding hydrogens is 396 g/mol. The molecule has 4 heterocycles. The van der Waals surface area contributed by atoms with Crippen molar-refractivity contribution < 1.29 is 9.47 Å². The van der Waals surface area contributed by atoms with Gasteiger partial charge in [-0.3, -0.25) is 4.90 Å². The molecule has 6 nitrogen and oxygen atoms in total. The Kier molecular flexibility index (Phi) is 5.15. The Morgan fingerprint density at radius 3 is 2.82 bits per heavy atom. The molecule has 5 rings (SSSR count). The molecule has 1 aliphatic heterocycles. The highest BCUT2D eigenvalue weighted by Crippen LogP contribution is 2.40. The SMILES string of the molecule is Clc1ccc(Oc2nc(CN3CCOCC3)nc3sc4c(c23)CCCC4)cn1. The zero-order valence-electron chi connectivity index (χ0n) is 15.5. The number of pyridine rings is 1. The van der Waals surface area contributed by atoms with E-state index in [1.807, 2.05) is 6.07 Å². The Morgan fingerprint density at radius 2 is 2.00 bits per heavy atom. The van der Waals surface area contributed by atoms with Gasteiger partial charge in [0.25, 0.3) is 0 Å². The summed E-state index contributed by atoms with van der Waals surface area (Å²) < 4.78 is 11.6. The lowest BCUT2D eigenvalue weighted by Crippen LogP contribution is -2.36. The number of halogens is 1. The number of aromatic nitrogens is 3. The van der Waals surface area contributed by atoms with Crippen LogP contribution in [0.4, 0.5) is 0 Å². The molecule has 0 bridgehead atoms. The van der Waals surface area contributed by atoms with E-state index in [-0.39, 0.29) is 0 Å². The normalized spacial score (nSPS) is 17.6. The molecule has 8 heteroatoms. The maximum absolute atomic E-state index is 6.19. The highest BCUT2D eigenvalue weighted by molar-refractivity contribution is 7.18. The highest BCUT2D eigenvalue weighted by atomic mass is 35.5. The fourth-order valence-corrected chi connectivity index (χ4v) is 5.19. The van der Waals surface area contributed by atoms with E-state index in [0.717, 1.165) is 55.2 Å². The first-order valence-electron chi connectivity index (χ1n) is 9.67. The van der Waals surface area contributed by atoms with Gasteiger partial charge >= 0.3 is 0 Å². The Morgan fingerprint density at radius 1 is 1.14 bits per heavy atom. The predicted molar refractivity (Wildman–Crippen MR) is 109 cm³/mol. The number of ether oxygens (including phenoxy) is 2. The molecule has 0 aromatic carbocycles. The summed E-state index contributed by atoms with van der Waals surface area (Å²) in [6.07, 6.45) is 6.27. The van der Waals surface area contributed by atoms with Crippen LogP contribution in [-0.4, -0.2) is 46.2 Å². The van der Waals surface area contributed by atoms with Crippen molar-refractivity contribution in [2.75, 3.05) is 26.3 Å². The summed E-state index contributed by atoms with van der Waals surface area (Å²) >= 11 is 7.71. The second kappa shape index (κ2) is 7.91. The van der Waals surface area contributed by atoms with Gasteiger partial charge < -0.3 is 9.47 Å². The van der Waals surface area contributed by atoms with E-state index in [0.29, 0.717) is 23.3 Å². The molecule has 0 radical (unpaired) electrons. The Hall–Kier alpha value is -1.80. The molecule has 0 unspecified atom stereocenters. The van der Waals surface area contributed by atoms with Gasteiger partial charge in [0, 0.05) is 18.0 Å². The number of thiophene rings is 1. The summed E-state index contributed by atoms with van der Waals surface area (Å²) in [6.45, 7) is 4.03. The highest BCUT2D eigenvalue weighted by Gasteiger charge is 2.23. The van der Waals surface area contributed by atoms with Gasteiger partial charge in [0.2, 0.25) is 5.88 Å². The second-order valence-electron chi connectivity index (χ2n) is 7.14. The number of rotatable bonds is 4. The summed E-state index contributed by atoms with van der Waals surface area (Å²) in [5.41, 5.74) is 1.36. The van der Waals surface area contributed by atoms with E-state index < -0.39 is 0 Å². The van der Waals surface area contributed by atoms with Crippen LogP contribution in [0.2, 0.25) is 5.15 Å². The van der Waals surface area contributed by atoms with E-state index in [9.17, 15) is 0 Å². The van der Waals surface area contributed by atoms with Crippen molar-refractivity contribution in [1.29, 1.82) is 0 Å². The maximum atomic E-state index is 6.19. The Labute approximate surface area is 172 Å². The van der Waals surface area contributed by atoms with Crippen LogP contribution in [0.1, 0.15) is 29.1 Å². The van der Waals surface area contributed by atoms with Gasteiger partial charge in [0.1, 0.15) is 21.6 Å². The van der Waals surface area contributed by atoms with Crippen LogP contribution < -0.4 is 4.74 Å². The molecule has 1 saturated heterocycles. The monoisotopic (exact) mass is 416 g/mol. The van der Waals surface area contributed by atoms with E-state index >= 15 is 0 Å². The molecule has 0 N–H and O–H groups in total. The number of fused-ring (bicyclic) bond motifs is 3. The number of aryl methyl sites for hydroxylation is 2. The molecule has 28 heavy (non-hydrogen) atoms. The quantitative estimate of drug-likeness (QED) is 0.593. The van der Waals surface area contributed by atoms with Crippen LogP contribution in [0.25, 0.3) is 10.2 Å². The smallest absolute Gasteiger partial charge is 0.231 e. The predicted octanol–water partition coefficient (Wildman–Crippen LogP) is 4.24. The molecule has 1 fully saturated rings. The third-order valence-electron chi connectivity index (χ3n) is 5.21. The van der Waals surface area contributed by atoms with Crippen molar-refractivity contribution in [3.05, 3.63) is 39.7 Å². The molecule has 146 valence electrons. The fourth-order valence-electron chi connectivity index (χ4n) is 3.80. The lowest BCUT2D eigenvalue weighted by molar-refractivity contribution is 0.0330. The van der Waals surface area contributed by atoms with Crippen LogP contribution in [0, 0.1) is 0 Å². The minimum atomic E-state index is 0.445. The molecule has 2 aliphatic rings. The third-order valence-corrected chi connectivity index (χ3v) is 6.62. The molecule has 0 spiro atoms. The van der Waals surface area contributed by atoms with Crippen LogP contribution in [0.15, 0.2) is 18.3 Å². The van der Waals surface area contributed by atoms with Crippen molar-refractivity contribution in [3.63, 3.8) is 0 Å². The Balaban J connectivity index is 1.55. The first-order valence-corrected chi connectivity index (χ1v) is 10.9. The van der Waals surface area contributed by atoms with E-state index in [4.69, 9.17) is 31.0 Å². The average molecular weight is 417 g/mol. The van der Waals surface area contributed by atoms with Crippen molar-refractivity contribution in [2.24, 2.45) is 0 Å². The lowest BCUT2D eigenvalue weighted by atomic mass is 9.97. The van der Waals surface area contributed by atoms with Crippen LogP contribution >= 0.6 is 22.9 Å². The number of hydrogen-bond donors (Lipinski definition) is 0. The van der Waals surface area contributed by atoms with Gasteiger partial charge in [-0.1, -0.05) is 11.6 Å². The van der Waals surface area contributed by atoms with Gasteiger partial charge in [-0.2, -0.15) is 4.98 Å². The fraction of sp³-hybridized carbons (Fsp3) is 0.450. The Bertz CT molecular complexity index is 986. The summed E-state index contributed by atoms with van der Waals surface area (Å²) in [4.78, 5) is 18.6. The number of nitrogens with zero attached hydrogens (tertiary/aromatic N) is 4. The summed E-state index contributed by atoms with van der Waals surface area (Å²) in [7, 11) is 0. The van der Waals surface area contributed by atoms with Gasteiger partial charge in [0.15, 0.2) is 0 Å². The second-order valence-corrected chi connectivity index (χ2v) is 8.61. The van der Waals surface area contributed by atoms with Crippen molar-refractivity contribution in [3.8, 4) is 11.6 Å². The first kappa shape index (κ1) is 18.2. The molecule has 1 aliphatic carbocycles. The van der Waals surface area contributed by atoms with E-state index in [1.54, 1.807) is 23.6 Å². The topological polar surface area (TPSA) is 60.4 Å². The zero-order valence-corrected chi connectivity index (χ0v) is 17.1. The van der Waals surface area contributed by atoms with Crippen LogP contribution in [-0.2, 0) is 24.1 Å². The summed E-state index contributed by atoms with van der Waals surface area (Å²) in [6, 6.07) is 3.55. The first-order chi connectivity index (χ1) is 13.8. The molecule has 3 aromatic rings. The summed E-state index contributed by atoms with van der Waals surface area (Å²) in [5, 5.41) is 1.52. The largest absolute Gasteiger partial charge is 0.437 e. The maximum Gasteiger partial charge on any atom is 0.231 e. The zero-order chi connectivity index (χ0) is 18.9. The van der Waals surface area contributed by atoms with Gasteiger partial charge in [-0.25, -0.2) is 9.97 Å². The van der Waals surface area contributed by atoms with Crippen LogP contribution in [0.5, 0.6) is 11.6 Å². The van der Waals surface area contributed by atoms with Gasteiger partial charge in [0.05, 0.1) is 31.3 Å². The standard InChI is InChI=1S/C20H21ClN4O2S/c21-16-6-5-13(11-22-16)27-19-18-14-3-1-2-4-15(14)28-20(18)24-17(23-19)12-25-7-9-26-10-8-25/h5-6,11H,1-4,7-10,12H2. The molecule has 0 amide bonds. The van der Waals surface area contributed by atoms with E-state index in [2.05, 4.69) is 9.88 Å². The molecule has 3 aromatic heterocycles. The minimum Gasteiger partial charge on any atom is -0.437 e. The van der Waals surface area contributed by atoms with Crippen LogP contribution in [0.3, 0.4) is 0 Å². The number of hydrogen-bond acceptors (Lipinski definition) is 7. The van der Waals surface area contributed by atoms with Crippen molar-refractivity contribution in [2.45, 2.75) is 32.2 Å². The average Bonchev–Trinajstić information content (AvgIpc) is 3.09. The summed E-state index contributed by atoms with van der Waals surface area (Å²) in [5.74, 6) is 2.07. The van der Waals surface area contributed by atoms with Gasteiger partial charge in [-0.15, -0.1) is 11.3 Å². The van der Waals surface area contributed by atoms with Gasteiger partial charge in [-0.05, 0) is 43.4 Å². The van der Waals surface area contributed by atoms with Crippen molar-refractivity contribution in [1.82, 2.24) is 19.9 Å². The van der Waals surface area contributed by atoms with E-state index in [1.165, 1.54) is 23.3 Å². The van der Waals surface area contributed by atoms with Crippen molar-refractivity contribution >= 4 is 33.2 Å².